The standard InChI is InChI=1S/C27H24N8O.2ClH/c1-16-14-25(35-27(29)31-16)33-20-5-2-17(3-6-20)26(36)34-21-9-7-19(8-10-21)32-24-12-13-30-23-11-4-18(28)15-22(23)24;;/h2-15H,28H2,1H3,(H,30,32)(H,34,36)(H3,29,31,33,35);2*1H. The molecule has 0 saturated heterocycles. The summed E-state index contributed by atoms with van der Waals surface area (Å²) in [6.07, 6.45) is 1.75. The first-order valence-electron chi connectivity index (χ1n) is 11.2. The lowest BCUT2D eigenvalue weighted by Crippen LogP contribution is -2.11. The minimum atomic E-state index is -0.208. The van der Waals surface area contributed by atoms with Crippen molar-refractivity contribution in [2.24, 2.45) is 0 Å². The van der Waals surface area contributed by atoms with E-state index in [1.165, 1.54) is 0 Å². The Hall–Kier alpha value is -4.60. The molecule has 0 aliphatic carbocycles. The molecule has 3 aromatic carbocycles. The van der Waals surface area contributed by atoms with Crippen LogP contribution in [-0.2, 0) is 0 Å². The summed E-state index contributed by atoms with van der Waals surface area (Å²) in [6.45, 7) is 1.84. The lowest BCUT2D eigenvalue weighted by molar-refractivity contribution is 0.102. The zero-order valence-corrected chi connectivity index (χ0v) is 21.9. The molecule has 0 radical (unpaired) electrons. The third-order valence-electron chi connectivity index (χ3n) is 5.48. The summed E-state index contributed by atoms with van der Waals surface area (Å²) >= 11 is 0. The monoisotopic (exact) mass is 548 g/mol. The van der Waals surface area contributed by atoms with E-state index in [-0.39, 0.29) is 36.7 Å². The van der Waals surface area contributed by atoms with E-state index in [1.807, 2.05) is 55.5 Å². The Morgan fingerprint density at radius 3 is 2.13 bits per heavy atom. The number of benzene rings is 3. The summed E-state index contributed by atoms with van der Waals surface area (Å²) in [5, 5.41) is 10.4. The molecule has 5 rings (SSSR count). The second kappa shape index (κ2) is 12.1. The van der Waals surface area contributed by atoms with Gasteiger partial charge in [0.15, 0.2) is 0 Å². The van der Waals surface area contributed by atoms with Crippen molar-refractivity contribution in [3.8, 4) is 0 Å². The Morgan fingerprint density at radius 2 is 1.42 bits per heavy atom. The highest BCUT2D eigenvalue weighted by atomic mass is 35.5. The summed E-state index contributed by atoms with van der Waals surface area (Å²) in [5.74, 6) is 0.586. The molecular formula is C27H26Cl2N8O. The van der Waals surface area contributed by atoms with Crippen molar-refractivity contribution >= 4 is 81.8 Å². The Kier molecular flexibility index (Phi) is 8.90. The quantitative estimate of drug-likeness (QED) is 0.160. The number of pyridine rings is 1. The van der Waals surface area contributed by atoms with Crippen LogP contribution in [0.2, 0.25) is 0 Å². The van der Waals surface area contributed by atoms with Crippen LogP contribution in [0, 0.1) is 6.92 Å². The fourth-order valence-corrected chi connectivity index (χ4v) is 3.78. The lowest BCUT2D eigenvalue weighted by atomic mass is 10.1. The molecule has 5 aromatic rings. The Morgan fingerprint density at radius 1 is 0.763 bits per heavy atom. The second-order valence-corrected chi connectivity index (χ2v) is 8.25. The minimum absolute atomic E-state index is 0. The van der Waals surface area contributed by atoms with Gasteiger partial charge in [0.2, 0.25) is 5.95 Å². The number of aromatic nitrogens is 3. The largest absolute Gasteiger partial charge is 0.399 e. The van der Waals surface area contributed by atoms with Crippen molar-refractivity contribution in [3.63, 3.8) is 0 Å². The number of hydrogen-bond donors (Lipinski definition) is 5. The molecule has 7 N–H and O–H groups in total. The highest BCUT2D eigenvalue weighted by Gasteiger charge is 2.08. The van der Waals surface area contributed by atoms with E-state index in [1.54, 1.807) is 36.5 Å². The van der Waals surface area contributed by atoms with Gasteiger partial charge in [-0.3, -0.25) is 9.78 Å². The van der Waals surface area contributed by atoms with Crippen molar-refractivity contribution in [2.45, 2.75) is 6.92 Å². The van der Waals surface area contributed by atoms with Crippen LogP contribution in [0.4, 0.5) is 40.2 Å². The van der Waals surface area contributed by atoms with Crippen LogP contribution in [0.15, 0.2) is 85.1 Å². The SMILES string of the molecule is Cc1cc(Nc2ccc(C(=O)Nc3ccc(Nc4ccnc5ccc(N)cc45)cc3)cc2)nc(N)n1.Cl.Cl. The Balaban J connectivity index is 0.00000200. The van der Waals surface area contributed by atoms with E-state index >= 15 is 0 Å². The number of hydrogen-bond acceptors (Lipinski definition) is 8. The number of nitrogens with one attached hydrogen (secondary N) is 3. The maximum atomic E-state index is 12.7. The van der Waals surface area contributed by atoms with Crippen LogP contribution in [0.25, 0.3) is 10.9 Å². The van der Waals surface area contributed by atoms with Gasteiger partial charge in [0.1, 0.15) is 5.82 Å². The number of rotatable bonds is 6. The molecule has 0 spiro atoms. The van der Waals surface area contributed by atoms with Gasteiger partial charge in [-0.1, -0.05) is 0 Å². The van der Waals surface area contributed by atoms with Crippen molar-refractivity contribution in [3.05, 3.63) is 96.3 Å². The van der Waals surface area contributed by atoms with Crippen LogP contribution in [0.3, 0.4) is 0 Å². The number of anilines is 7. The third-order valence-corrected chi connectivity index (χ3v) is 5.48. The van der Waals surface area contributed by atoms with Crippen LogP contribution in [0.5, 0.6) is 0 Å². The smallest absolute Gasteiger partial charge is 0.255 e. The molecule has 0 aliphatic rings. The Labute approximate surface area is 231 Å². The number of fused-ring (bicyclic) bond motifs is 1. The van der Waals surface area contributed by atoms with Gasteiger partial charge in [0.05, 0.1) is 5.52 Å². The van der Waals surface area contributed by atoms with Gasteiger partial charge in [-0.25, -0.2) is 4.98 Å². The van der Waals surface area contributed by atoms with Gasteiger partial charge >= 0.3 is 0 Å². The first-order chi connectivity index (χ1) is 17.4. The van der Waals surface area contributed by atoms with Gasteiger partial charge in [0.25, 0.3) is 5.91 Å². The molecule has 0 atom stereocenters. The molecule has 0 fully saturated rings. The summed E-state index contributed by atoms with van der Waals surface area (Å²) in [6, 6.07) is 23.9. The minimum Gasteiger partial charge on any atom is -0.399 e. The fraction of sp³-hybridized carbons (Fsp3) is 0.0370. The number of aryl methyl sites for hydroxylation is 1. The predicted octanol–water partition coefficient (Wildman–Crippen LogP) is 6.08. The first kappa shape index (κ1) is 28.0. The average Bonchev–Trinajstić information content (AvgIpc) is 2.85. The van der Waals surface area contributed by atoms with Crippen LogP contribution < -0.4 is 27.4 Å². The molecule has 194 valence electrons. The summed E-state index contributed by atoms with van der Waals surface area (Å²) < 4.78 is 0. The molecule has 9 nitrogen and oxygen atoms in total. The molecule has 0 aliphatic heterocycles. The highest BCUT2D eigenvalue weighted by molar-refractivity contribution is 6.04. The Bertz CT molecular complexity index is 1540. The molecule has 0 saturated carbocycles. The number of carbonyl (C=O) groups excluding carboxylic acids is 1. The number of carbonyl (C=O) groups is 1. The van der Waals surface area contributed by atoms with Crippen LogP contribution in [-0.4, -0.2) is 20.9 Å². The number of nitrogen functional groups attached to an aromatic ring is 2. The second-order valence-electron chi connectivity index (χ2n) is 8.25. The maximum Gasteiger partial charge on any atom is 0.255 e. The molecular weight excluding hydrogens is 523 g/mol. The van der Waals surface area contributed by atoms with Gasteiger partial charge in [-0.05, 0) is 79.7 Å². The van der Waals surface area contributed by atoms with Crippen LogP contribution >= 0.6 is 24.8 Å². The zero-order valence-electron chi connectivity index (χ0n) is 20.3. The van der Waals surface area contributed by atoms with E-state index < -0.39 is 0 Å². The summed E-state index contributed by atoms with van der Waals surface area (Å²) in [5.41, 5.74) is 17.7. The molecule has 0 unspecified atom stereocenters. The van der Waals surface area contributed by atoms with Crippen LogP contribution in [0.1, 0.15) is 16.1 Å². The van der Waals surface area contributed by atoms with Gasteiger partial charge in [-0.2, -0.15) is 4.98 Å². The van der Waals surface area contributed by atoms with E-state index in [9.17, 15) is 4.79 Å². The average molecular weight is 549 g/mol. The number of nitrogens with two attached hydrogens (primary N) is 2. The van der Waals surface area contributed by atoms with Crippen molar-refractivity contribution in [1.29, 1.82) is 0 Å². The topological polar surface area (TPSA) is 144 Å². The van der Waals surface area contributed by atoms with E-state index in [4.69, 9.17) is 11.5 Å². The van der Waals surface area contributed by atoms with E-state index in [0.717, 1.165) is 33.7 Å². The number of nitrogens with zero attached hydrogens (tertiary/aromatic N) is 3. The molecule has 11 heteroatoms. The van der Waals surface area contributed by atoms with Crippen molar-refractivity contribution in [1.82, 2.24) is 15.0 Å². The molecule has 38 heavy (non-hydrogen) atoms. The lowest BCUT2D eigenvalue weighted by Gasteiger charge is -2.11. The first-order valence-corrected chi connectivity index (χ1v) is 11.2. The normalized spacial score (nSPS) is 10.1. The number of amides is 1. The predicted molar refractivity (Wildman–Crippen MR) is 159 cm³/mol. The van der Waals surface area contributed by atoms with Gasteiger partial charge in [0, 0.05) is 57.3 Å². The van der Waals surface area contributed by atoms with Gasteiger partial charge in [-0.15, -0.1) is 24.8 Å². The van der Waals surface area contributed by atoms with Gasteiger partial charge < -0.3 is 27.4 Å². The number of halogens is 2. The fourth-order valence-electron chi connectivity index (χ4n) is 3.78. The van der Waals surface area contributed by atoms with Crippen molar-refractivity contribution in [2.75, 3.05) is 27.4 Å². The molecule has 2 heterocycles. The third kappa shape index (κ3) is 6.58. The molecule has 1 amide bonds. The highest BCUT2D eigenvalue weighted by Crippen LogP contribution is 2.27. The molecule has 0 bridgehead atoms. The molecule has 2 aromatic heterocycles. The maximum absolute atomic E-state index is 12.7. The summed E-state index contributed by atoms with van der Waals surface area (Å²) in [4.78, 5) is 25.3. The van der Waals surface area contributed by atoms with E-state index in [2.05, 4.69) is 30.9 Å². The zero-order chi connectivity index (χ0) is 25.1. The van der Waals surface area contributed by atoms with E-state index in [0.29, 0.717) is 22.8 Å². The summed E-state index contributed by atoms with van der Waals surface area (Å²) in [7, 11) is 0. The van der Waals surface area contributed by atoms with Crippen molar-refractivity contribution < 1.29 is 4.79 Å².